The molecular formula is C11H21ClN4O. The normalized spacial score (nSPS) is 15.1. The standard InChI is InChI=1S/C11H20N4O.ClH/c1-3-14-10(13-7-5-6-8-13)9(12)11(16)15(14)4-2;/h3-8,12H2,1-2H3;1H. The molecule has 5 nitrogen and oxygen atoms in total. The van der Waals surface area contributed by atoms with Gasteiger partial charge in [0, 0.05) is 26.2 Å². The SMILES string of the molecule is CCn1c(N2CCCC2)c(N)c(=O)n1CC.Cl. The Labute approximate surface area is 108 Å². The predicted molar refractivity (Wildman–Crippen MR) is 73.1 cm³/mol. The number of hydrogen-bond acceptors (Lipinski definition) is 3. The van der Waals surface area contributed by atoms with Gasteiger partial charge in [-0.2, -0.15) is 0 Å². The summed E-state index contributed by atoms with van der Waals surface area (Å²) >= 11 is 0. The Kier molecular flexibility index (Phi) is 4.51. The molecule has 0 unspecified atom stereocenters. The first-order valence-corrected chi connectivity index (χ1v) is 6.04. The van der Waals surface area contributed by atoms with Gasteiger partial charge < -0.3 is 10.6 Å². The van der Waals surface area contributed by atoms with Gasteiger partial charge in [0.2, 0.25) is 0 Å². The zero-order valence-corrected chi connectivity index (χ0v) is 11.3. The van der Waals surface area contributed by atoms with Crippen molar-refractivity contribution in [1.82, 2.24) is 9.36 Å². The van der Waals surface area contributed by atoms with Gasteiger partial charge >= 0.3 is 0 Å². The molecule has 0 amide bonds. The van der Waals surface area contributed by atoms with Crippen molar-refractivity contribution in [3.63, 3.8) is 0 Å². The summed E-state index contributed by atoms with van der Waals surface area (Å²) in [5, 5.41) is 0. The van der Waals surface area contributed by atoms with E-state index in [-0.39, 0.29) is 18.0 Å². The van der Waals surface area contributed by atoms with E-state index in [2.05, 4.69) is 4.90 Å². The van der Waals surface area contributed by atoms with Crippen LogP contribution in [0.3, 0.4) is 0 Å². The molecule has 2 rings (SSSR count). The van der Waals surface area contributed by atoms with Crippen LogP contribution in [-0.4, -0.2) is 22.5 Å². The highest BCUT2D eigenvalue weighted by atomic mass is 35.5. The van der Waals surface area contributed by atoms with Gasteiger partial charge in [-0.25, -0.2) is 4.68 Å². The van der Waals surface area contributed by atoms with E-state index in [4.69, 9.17) is 5.73 Å². The molecule has 0 atom stereocenters. The summed E-state index contributed by atoms with van der Waals surface area (Å²) in [6, 6.07) is 0. The van der Waals surface area contributed by atoms with Crippen LogP contribution in [0.25, 0.3) is 0 Å². The Morgan fingerprint density at radius 2 is 1.65 bits per heavy atom. The van der Waals surface area contributed by atoms with Crippen molar-refractivity contribution in [2.75, 3.05) is 23.7 Å². The van der Waals surface area contributed by atoms with Crippen LogP contribution in [-0.2, 0) is 13.1 Å². The minimum absolute atomic E-state index is 0. The molecule has 0 spiro atoms. The summed E-state index contributed by atoms with van der Waals surface area (Å²) in [6.45, 7) is 7.50. The molecule has 98 valence electrons. The molecule has 6 heteroatoms. The first-order chi connectivity index (χ1) is 7.70. The van der Waals surface area contributed by atoms with Crippen molar-refractivity contribution in [3.05, 3.63) is 10.4 Å². The maximum Gasteiger partial charge on any atom is 0.292 e. The highest BCUT2D eigenvalue weighted by molar-refractivity contribution is 5.85. The minimum atomic E-state index is -0.0498. The first kappa shape index (κ1) is 14.0. The summed E-state index contributed by atoms with van der Waals surface area (Å²) in [5.74, 6) is 0.923. The smallest absolute Gasteiger partial charge is 0.292 e. The van der Waals surface area contributed by atoms with Gasteiger partial charge in [0.15, 0.2) is 5.82 Å². The highest BCUT2D eigenvalue weighted by Gasteiger charge is 2.23. The van der Waals surface area contributed by atoms with Crippen molar-refractivity contribution in [3.8, 4) is 0 Å². The van der Waals surface area contributed by atoms with E-state index in [9.17, 15) is 4.79 Å². The van der Waals surface area contributed by atoms with Crippen LogP contribution in [0, 0.1) is 0 Å². The van der Waals surface area contributed by atoms with Crippen molar-refractivity contribution < 1.29 is 0 Å². The number of anilines is 2. The summed E-state index contributed by atoms with van der Waals surface area (Å²) in [4.78, 5) is 14.2. The van der Waals surface area contributed by atoms with E-state index >= 15 is 0 Å². The second kappa shape index (κ2) is 5.49. The quantitative estimate of drug-likeness (QED) is 0.891. The van der Waals surface area contributed by atoms with Gasteiger partial charge in [0.1, 0.15) is 5.69 Å². The summed E-state index contributed by atoms with van der Waals surface area (Å²) < 4.78 is 3.73. The van der Waals surface area contributed by atoms with E-state index < -0.39 is 0 Å². The largest absolute Gasteiger partial charge is 0.391 e. The van der Waals surface area contributed by atoms with Crippen LogP contribution in [0.5, 0.6) is 0 Å². The fourth-order valence-electron chi connectivity index (χ4n) is 2.50. The molecule has 2 N–H and O–H groups in total. The third kappa shape index (κ3) is 2.16. The molecule has 1 aromatic rings. The van der Waals surface area contributed by atoms with E-state index in [0.29, 0.717) is 12.2 Å². The Hall–Kier alpha value is -1.10. The number of nitrogens with zero attached hydrogens (tertiary/aromatic N) is 3. The maximum absolute atomic E-state index is 11.9. The molecule has 1 aromatic heterocycles. The van der Waals surface area contributed by atoms with Crippen molar-refractivity contribution in [2.24, 2.45) is 0 Å². The zero-order valence-electron chi connectivity index (χ0n) is 10.5. The summed E-state index contributed by atoms with van der Waals surface area (Å²) in [6.07, 6.45) is 2.38. The Balaban J connectivity index is 0.00000144. The number of halogens is 1. The van der Waals surface area contributed by atoms with Crippen LogP contribution in [0.15, 0.2) is 4.79 Å². The van der Waals surface area contributed by atoms with Gasteiger partial charge in [-0.15, -0.1) is 12.4 Å². The van der Waals surface area contributed by atoms with Gasteiger partial charge in [-0.05, 0) is 26.7 Å². The van der Waals surface area contributed by atoms with Crippen molar-refractivity contribution in [2.45, 2.75) is 39.8 Å². The summed E-state index contributed by atoms with van der Waals surface area (Å²) in [7, 11) is 0. The first-order valence-electron chi connectivity index (χ1n) is 6.04. The lowest BCUT2D eigenvalue weighted by Gasteiger charge is -2.20. The molecule has 1 aliphatic rings. The Morgan fingerprint density at radius 1 is 1.12 bits per heavy atom. The maximum atomic E-state index is 11.9. The van der Waals surface area contributed by atoms with Crippen LogP contribution >= 0.6 is 12.4 Å². The van der Waals surface area contributed by atoms with Crippen LogP contribution < -0.4 is 16.2 Å². The lowest BCUT2D eigenvalue weighted by molar-refractivity contribution is 0.476. The average Bonchev–Trinajstić information content (AvgIpc) is 2.87. The molecule has 1 saturated heterocycles. The molecular weight excluding hydrogens is 240 g/mol. The molecule has 0 radical (unpaired) electrons. The topological polar surface area (TPSA) is 56.2 Å². The molecule has 17 heavy (non-hydrogen) atoms. The molecule has 1 fully saturated rings. The fourth-order valence-corrected chi connectivity index (χ4v) is 2.50. The molecule has 0 aromatic carbocycles. The van der Waals surface area contributed by atoms with Crippen LogP contribution in [0.2, 0.25) is 0 Å². The van der Waals surface area contributed by atoms with E-state index in [0.717, 1.165) is 25.5 Å². The van der Waals surface area contributed by atoms with Gasteiger partial charge in [-0.1, -0.05) is 0 Å². The predicted octanol–water partition coefficient (Wildman–Crippen LogP) is 1.29. The van der Waals surface area contributed by atoms with Crippen LogP contribution in [0.4, 0.5) is 11.5 Å². The number of rotatable bonds is 3. The number of nitrogens with two attached hydrogens (primary N) is 1. The van der Waals surface area contributed by atoms with Gasteiger partial charge in [0.25, 0.3) is 5.56 Å². The number of nitrogen functional groups attached to an aromatic ring is 1. The zero-order chi connectivity index (χ0) is 11.7. The van der Waals surface area contributed by atoms with Crippen molar-refractivity contribution >= 4 is 23.9 Å². The second-order valence-electron chi connectivity index (χ2n) is 4.17. The minimum Gasteiger partial charge on any atom is -0.391 e. The van der Waals surface area contributed by atoms with Crippen molar-refractivity contribution in [1.29, 1.82) is 0 Å². The average molecular weight is 261 g/mol. The summed E-state index contributed by atoms with van der Waals surface area (Å²) in [5.41, 5.74) is 6.30. The highest BCUT2D eigenvalue weighted by Crippen LogP contribution is 2.25. The molecule has 0 bridgehead atoms. The third-order valence-corrected chi connectivity index (χ3v) is 3.25. The molecule has 0 saturated carbocycles. The molecule has 1 aliphatic heterocycles. The Morgan fingerprint density at radius 3 is 2.12 bits per heavy atom. The lowest BCUT2D eigenvalue weighted by atomic mass is 10.4. The van der Waals surface area contributed by atoms with Gasteiger partial charge in [-0.3, -0.25) is 9.48 Å². The molecule has 0 aliphatic carbocycles. The van der Waals surface area contributed by atoms with E-state index in [1.165, 1.54) is 12.8 Å². The number of hydrogen-bond donors (Lipinski definition) is 1. The number of aromatic nitrogens is 2. The van der Waals surface area contributed by atoms with Gasteiger partial charge in [0.05, 0.1) is 0 Å². The van der Waals surface area contributed by atoms with E-state index in [1.54, 1.807) is 4.68 Å². The molecule has 2 heterocycles. The van der Waals surface area contributed by atoms with Crippen LogP contribution in [0.1, 0.15) is 26.7 Å². The fraction of sp³-hybridized carbons (Fsp3) is 0.727. The second-order valence-corrected chi connectivity index (χ2v) is 4.17. The monoisotopic (exact) mass is 260 g/mol. The van der Waals surface area contributed by atoms with E-state index in [1.807, 2.05) is 18.5 Å². The Bertz CT molecular complexity index is 431. The third-order valence-electron chi connectivity index (χ3n) is 3.25. The lowest BCUT2D eigenvalue weighted by Crippen LogP contribution is -2.25.